The van der Waals surface area contributed by atoms with Crippen molar-refractivity contribution < 1.29 is 63.6 Å². The van der Waals surface area contributed by atoms with Crippen molar-refractivity contribution in [1.29, 1.82) is 0 Å². The molecule has 0 bridgehead atoms. The zero-order chi connectivity index (χ0) is 58.9. The smallest absolute Gasteiger partial charge is 0.125 e. The Morgan fingerprint density at radius 3 is 1.82 bits per heavy atom. The standard InChI is InChI=1S/C30H39N2.C27H33NO.C22H23NO.2Ni.Pd/c1-4-29(15-6-7-16-29)21-24-11-10-12-27(19-24)32-28-14-13-25(20-26(28)22-31-32)23(3)30(5-2)17-8-9-18-30;1-2-3-4-7-13-27(14-8-9-15-27)20-21-12-16-28-25(17-21)24-18-22-10-5-6-11-23(22)19-26(24)29;1-22(10-4-5-11-22)14-16-8-9-21(24)19(12-16)20-13-17-6-2-3-7-18(17)15-23-20;;;/h10-11,13-14,19-20,22-23H,4-9,15-18,21H2,1-3H3;5-6,10-12,16-19,29H,2-4,7-9,13-15,20H2,1H3;2-3,6-9,12-13,15,24H,4-5,10-11,14H2,1H3;;;/q-1;;;;;. The summed E-state index contributed by atoms with van der Waals surface area (Å²) in [5.74, 6) is 1.22. The largest absolute Gasteiger partial charge is 0.507 e. The van der Waals surface area contributed by atoms with Gasteiger partial charge in [-0.1, -0.05) is 179 Å². The second-order valence-corrected chi connectivity index (χ2v) is 27.3. The van der Waals surface area contributed by atoms with Crippen LogP contribution < -0.4 is 0 Å². The van der Waals surface area contributed by atoms with E-state index in [2.05, 4.69) is 146 Å². The van der Waals surface area contributed by atoms with Crippen molar-refractivity contribution in [2.24, 2.45) is 21.7 Å². The molecule has 6 aromatic carbocycles. The Kier molecular flexibility index (Phi) is 24.4. The number of benzene rings is 6. The third-order valence-electron chi connectivity index (χ3n) is 21.6. The number of aromatic hydroxyl groups is 2. The molecule has 3 heterocycles. The second-order valence-electron chi connectivity index (χ2n) is 27.3. The van der Waals surface area contributed by atoms with Gasteiger partial charge in [-0.05, 0) is 204 Å². The third kappa shape index (κ3) is 16.1. The van der Waals surface area contributed by atoms with Gasteiger partial charge in [0.1, 0.15) is 11.5 Å². The van der Waals surface area contributed by atoms with Crippen molar-refractivity contribution >= 4 is 32.4 Å². The topological polar surface area (TPSA) is 84.1 Å². The molecule has 2 N–H and O–H groups in total. The van der Waals surface area contributed by atoms with Crippen molar-refractivity contribution in [3.05, 3.63) is 180 Å². The fourth-order valence-electron chi connectivity index (χ4n) is 16.2. The van der Waals surface area contributed by atoms with Gasteiger partial charge in [-0.15, -0.1) is 6.07 Å². The van der Waals surface area contributed by atoms with Gasteiger partial charge in [-0.3, -0.25) is 14.6 Å². The summed E-state index contributed by atoms with van der Waals surface area (Å²) in [6, 6.07) is 49.9. The average molecular weight is 1360 g/mol. The molecule has 6 nitrogen and oxygen atoms in total. The summed E-state index contributed by atoms with van der Waals surface area (Å²) in [6.07, 6.45) is 40.4. The average Bonchev–Trinajstić information content (AvgIpc) is 3.94. The minimum absolute atomic E-state index is 0. The molecule has 1 unspecified atom stereocenters. The summed E-state index contributed by atoms with van der Waals surface area (Å²) >= 11 is 0. The van der Waals surface area contributed by atoms with E-state index in [1.807, 2.05) is 61.1 Å². The molecule has 13 rings (SSSR count). The summed E-state index contributed by atoms with van der Waals surface area (Å²) < 4.78 is 2.09. The van der Waals surface area contributed by atoms with Crippen molar-refractivity contribution in [1.82, 2.24) is 19.7 Å². The van der Waals surface area contributed by atoms with Gasteiger partial charge in [0.25, 0.3) is 0 Å². The fraction of sp³-hybridized carbons (Fsp3) is 0.456. The summed E-state index contributed by atoms with van der Waals surface area (Å²) in [6.45, 7) is 11.9. The maximum atomic E-state index is 10.6. The van der Waals surface area contributed by atoms with Crippen LogP contribution in [0.15, 0.2) is 152 Å². The van der Waals surface area contributed by atoms with E-state index in [0.29, 0.717) is 39.1 Å². The van der Waals surface area contributed by atoms with Crippen LogP contribution in [0.25, 0.3) is 60.6 Å². The molecule has 0 spiro atoms. The molecule has 0 amide bonds. The monoisotopic (exact) mass is 1350 g/mol. The van der Waals surface area contributed by atoms with Crippen LogP contribution in [0.4, 0.5) is 0 Å². The second kappa shape index (κ2) is 31.3. The third-order valence-corrected chi connectivity index (χ3v) is 21.6. The summed E-state index contributed by atoms with van der Waals surface area (Å²) in [7, 11) is 0. The number of fused-ring (bicyclic) bond motifs is 3. The molecule has 4 aliphatic carbocycles. The van der Waals surface area contributed by atoms with Crippen LogP contribution in [0, 0.1) is 27.7 Å². The van der Waals surface area contributed by atoms with E-state index in [1.165, 1.54) is 187 Å². The Morgan fingerprint density at radius 1 is 0.523 bits per heavy atom. The quantitative estimate of drug-likeness (QED) is 0.0508. The molecule has 4 saturated carbocycles. The number of hydrogen-bond acceptors (Lipinski definition) is 5. The molecule has 4 aliphatic rings. The van der Waals surface area contributed by atoms with Crippen LogP contribution in [0.2, 0.25) is 0 Å². The first kappa shape index (κ1) is 68.8. The minimum Gasteiger partial charge on any atom is -0.507 e. The summed E-state index contributed by atoms with van der Waals surface area (Å²) in [4.78, 5) is 9.17. The van der Waals surface area contributed by atoms with E-state index in [4.69, 9.17) is 5.10 Å². The van der Waals surface area contributed by atoms with E-state index in [-0.39, 0.29) is 53.4 Å². The Bertz CT molecular complexity index is 3680. The van der Waals surface area contributed by atoms with Crippen LogP contribution in [-0.4, -0.2) is 30.0 Å². The number of unbranched alkanes of at least 4 members (excludes halogenated alkanes) is 3. The Labute approximate surface area is 560 Å². The molecular weight excluding hydrogens is 1260 g/mol. The first-order valence-corrected chi connectivity index (χ1v) is 33.2. The number of hydrogen-bond donors (Lipinski definition) is 2. The predicted molar refractivity (Wildman–Crippen MR) is 356 cm³/mol. The Hall–Kier alpha value is -5.14. The number of rotatable bonds is 18. The Balaban J connectivity index is 0.000000170. The molecular formula is C79H95N4Ni2O2Pd-. The van der Waals surface area contributed by atoms with Gasteiger partial charge in [0.15, 0.2) is 0 Å². The van der Waals surface area contributed by atoms with Crippen molar-refractivity contribution in [3.63, 3.8) is 0 Å². The summed E-state index contributed by atoms with van der Waals surface area (Å²) in [5, 5.41) is 31.5. The number of phenols is 2. The van der Waals surface area contributed by atoms with Crippen LogP contribution >= 0.6 is 0 Å². The predicted octanol–water partition coefficient (Wildman–Crippen LogP) is 21.8. The zero-order valence-electron chi connectivity index (χ0n) is 53.0. The molecule has 474 valence electrons. The molecule has 0 aliphatic heterocycles. The van der Waals surface area contributed by atoms with Crippen LogP contribution in [0.5, 0.6) is 11.5 Å². The van der Waals surface area contributed by atoms with E-state index in [9.17, 15) is 10.2 Å². The number of phenolic OH excluding ortho intramolecular Hbond substituents is 2. The van der Waals surface area contributed by atoms with Gasteiger partial charge in [0, 0.05) is 87.7 Å². The van der Waals surface area contributed by atoms with Crippen LogP contribution in [-0.2, 0) is 72.7 Å². The first-order chi connectivity index (χ1) is 41.4. The molecule has 0 radical (unpaired) electrons. The summed E-state index contributed by atoms with van der Waals surface area (Å²) in [5.41, 5.74) is 13.1. The van der Waals surface area contributed by atoms with E-state index >= 15 is 0 Å². The van der Waals surface area contributed by atoms with E-state index in [0.717, 1.165) is 62.6 Å². The SMILES string of the molecule is CC1(Cc2ccc(O)c(-c3cc4ccccc4cn3)c2)CCCC1.CCC1(Cc2cc[c-]c(-n3ncc4cc(C(C)C5(CC)CCCC5)ccc43)c2)CCCC1.CCCCCCC1(Cc2ccnc(-c3cc4ccccc4cc3O)c2)CCCC1.[Ni].[Ni].[Pd]. The normalized spacial score (nSPS) is 17.2. The molecule has 88 heavy (non-hydrogen) atoms. The first-order valence-electron chi connectivity index (χ1n) is 33.2. The van der Waals surface area contributed by atoms with E-state index < -0.39 is 0 Å². The molecule has 4 fully saturated rings. The maximum absolute atomic E-state index is 10.6. The van der Waals surface area contributed by atoms with Gasteiger partial charge >= 0.3 is 0 Å². The van der Waals surface area contributed by atoms with Crippen molar-refractivity contribution in [2.75, 3.05) is 0 Å². The fourth-order valence-corrected chi connectivity index (χ4v) is 16.2. The molecule has 9 aromatic rings. The number of nitrogens with zero attached hydrogens (tertiary/aromatic N) is 4. The Morgan fingerprint density at radius 2 is 1.12 bits per heavy atom. The number of pyridine rings is 2. The molecule has 1 atom stereocenters. The van der Waals surface area contributed by atoms with Crippen LogP contribution in [0.3, 0.4) is 0 Å². The van der Waals surface area contributed by atoms with E-state index in [1.54, 1.807) is 0 Å². The molecule has 3 aromatic heterocycles. The minimum atomic E-state index is 0. The van der Waals surface area contributed by atoms with Gasteiger partial charge in [0.05, 0.1) is 23.1 Å². The molecule has 9 heteroatoms. The van der Waals surface area contributed by atoms with Gasteiger partial charge in [0.2, 0.25) is 0 Å². The van der Waals surface area contributed by atoms with Crippen LogP contribution in [0.1, 0.15) is 210 Å². The molecule has 0 saturated heterocycles. The van der Waals surface area contributed by atoms with Gasteiger partial charge in [-0.25, -0.2) is 0 Å². The number of aromatic nitrogens is 4. The van der Waals surface area contributed by atoms with Crippen molar-refractivity contribution in [2.45, 2.75) is 207 Å². The maximum Gasteiger partial charge on any atom is 0.125 e. The zero-order valence-corrected chi connectivity index (χ0v) is 56.6. The van der Waals surface area contributed by atoms with Gasteiger partial charge < -0.3 is 10.2 Å². The van der Waals surface area contributed by atoms with Gasteiger partial charge in [-0.2, -0.15) is 28.9 Å². The van der Waals surface area contributed by atoms with Crippen molar-refractivity contribution in [3.8, 4) is 39.7 Å².